The standard InChI is InChI=1S/C11H25N3O/c1-3-5-6-9(4-2)7-14-8-10(12)11(13)15/h9-10,14H,3-8,12H2,1-2H3,(H2,13,15). The molecule has 0 aromatic heterocycles. The first-order valence-corrected chi connectivity index (χ1v) is 5.87. The van der Waals surface area contributed by atoms with Crippen LogP contribution >= 0.6 is 0 Å². The quantitative estimate of drug-likeness (QED) is 0.527. The molecule has 1 amide bonds. The van der Waals surface area contributed by atoms with Gasteiger partial charge in [-0.2, -0.15) is 0 Å². The molecule has 0 heterocycles. The summed E-state index contributed by atoms with van der Waals surface area (Å²) in [5.74, 6) is 0.245. The van der Waals surface area contributed by atoms with Gasteiger partial charge < -0.3 is 16.8 Å². The fourth-order valence-corrected chi connectivity index (χ4v) is 1.49. The van der Waals surface area contributed by atoms with E-state index in [4.69, 9.17) is 11.5 Å². The lowest BCUT2D eigenvalue weighted by Crippen LogP contribution is -2.45. The van der Waals surface area contributed by atoms with E-state index in [0.29, 0.717) is 12.5 Å². The summed E-state index contributed by atoms with van der Waals surface area (Å²) in [6.45, 7) is 5.80. The van der Waals surface area contributed by atoms with Crippen LogP contribution in [0, 0.1) is 5.92 Å². The molecule has 0 aromatic carbocycles. The lowest BCUT2D eigenvalue weighted by Gasteiger charge is -2.16. The van der Waals surface area contributed by atoms with Gasteiger partial charge in [0.2, 0.25) is 5.91 Å². The average Bonchev–Trinajstić information content (AvgIpc) is 2.22. The number of carbonyl (C=O) groups excluding carboxylic acids is 1. The molecule has 0 saturated heterocycles. The van der Waals surface area contributed by atoms with E-state index in [0.717, 1.165) is 6.54 Å². The Balaban J connectivity index is 3.57. The van der Waals surface area contributed by atoms with Crippen molar-refractivity contribution in [3.8, 4) is 0 Å². The van der Waals surface area contributed by atoms with Crippen LogP contribution in [-0.4, -0.2) is 25.0 Å². The summed E-state index contributed by atoms with van der Waals surface area (Å²) >= 11 is 0. The van der Waals surface area contributed by atoms with Gasteiger partial charge in [-0.1, -0.05) is 33.1 Å². The zero-order valence-electron chi connectivity index (χ0n) is 9.96. The van der Waals surface area contributed by atoms with Crippen LogP contribution < -0.4 is 16.8 Å². The number of amides is 1. The van der Waals surface area contributed by atoms with Crippen molar-refractivity contribution < 1.29 is 4.79 Å². The van der Waals surface area contributed by atoms with Gasteiger partial charge in [-0.05, 0) is 18.9 Å². The Morgan fingerprint density at radius 1 is 1.33 bits per heavy atom. The van der Waals surface area contributed by atoms with Crippen LogP contribution in [0.15, 0.2) is 0 Å². The molecule has 2 atom stereocenters. The van der Waals surface area contributed by atoms with Crippen molar-refractivity contribution in [3.05, 3.63) is 0 Å². The molecular formula is C11H25N3O. The highest BCUT2D eigenvalue weighted by Crippen LogP contribution is 2.10. The van der Waals surface area contributed by atoms with Gasteiger partial charge in [0.15, 0.2) is 0 Å². The number of nitrogens with one attached hydrogen (secondary N) is 1. The minimum atomic E-state index is -0.561. The number of rotatable bonds is 9. The summed E-state index contributed by atoms with van der Waals surface area (Å²) in [6.07, 6.45) is 4.91. The molecule has 0 fully saturated rings. The van der Waals surface area contributed by atoms with Crippen LogP contribution in [0.25, 0.3) is 0 Å². The molecule has 0 aliphatic carbocycles. The van der Waals surface area contributed by atoms with Gasteiger partial charge in [-0.3, -0.25) is 4.79 Å². The van der Waals surface area contributed by atoms with Crippen molar-refractivity contribution in [2.24, 2.45) is 17.4 Å². The summed E-state index contributed by atoms with van der Waals surface area (Å²) < 4.78 is 0. The predicted molar refractivity (Wildman–Crippen MR) is 63.3 cm³/mol. The molecule has 0 spiro atoms. The predicted octanol–water partition coefficient (Wildman–Crippen LogP) is 0.605. The molecular weight excluding hydrogens is 190 g/mol. The van der Waals surface area contributed by atoms with Crippen molar-refractivity contribution in [1.82, 2.24) is 5.32 Å². The maximum Gasteiger partial charge on any atom is 0.235 e. The molecule has 0 rings (SSSR count). The van der Waals surface area contributed by atoms with Crippen molar-refractivity contribution in [1.29, 1.82) is 0 Å². The third kappa shape index (κ3) is 7.33. The number of hydrogen-bond donors (Lipinski definition) is 3. The van der Waals surface area contributed by atoms with E-state index in [1.807, 2.05) is 0 Å². The van der Waals surface area contributed by atoms with Gasteiger partial charge in [0.1, 0.15) is 0 Å². The Labute approximate surface area is 92.8 Å². The van der Waals surface area contributed by atoms with Gasteiger partial charge in [0.25, 0.3) is 0 Å². The SMILES string of the molecule is CCCCC(CC)CNCC(N)C(N)=O. The fourth-order valence-electron chi connectivity index (χ4n) is 1.49. The normalized spacial score (nSPS) is 14.9. The Morgan fingerprint density at radius 3 is 2.47 bits per heavy atom. The second kappa shape index (κ2) is 8.68. The Kier molecular flexibility index (Phi) is 8.33. The molecule has 0 saturated carbocycles. The maximum atomic E-state index is 10.7. The summed E-state index contributed by atoms with van der Waals surface area (Å²) in [4.78, 5) is 10.7. The molecule has 5 N–H and O–H groups in total. The molecule has 4 nitrogen and oxygen atoms in total. The molecule has 0 aromatic rings. The number of carbonyl (C=O) groups is 1. The molecule has 0 radical (unpaired) electrons. The van der Waals surface area contributed by atoms with E-state index in [2.05, 4.69) is 19.2 Å². The van der Waals surface area contributed by atoms with Gasteiger partial charge in [-0.15, -0.1) is 0 Å². The number of unbranched alkanes of at least 4 members (excludes halogenated alkanes) is 1. The number of primary amides is 1. The monoisotopic (exact) mass is 215 g/mol. The second-order valence-corrected chi connectivity index (χ2v) is 4.08. The van der Waals surface area contributed by atoms with E-state index in [1.54, 1.807) is 0 Å². The summed E-state index contributed by atoms with van der Waals surface area (Å²) in [7, 11) is 0. The largest absolute Gasteiger partial charge is 0.368 e. The Morgan fingerprint density at radius 2 is 2.00 bits per heavy atom. The zero-order valence-corrected chi connectivity index (χ0v) is 9.96. The van der Waals surface area contributed by atoms with Crippen molar-refractivity contribution in [2.45, 2.75) is 45.6 Å². The number of hydrogen-bond acceptors (Lipinski definition) is 3. The van der Waals surface area contributed by atoms with E-state index in [1.165, 1.54) is 25.7 Å². The summed E-state index contributed by atoms with van der Waals surface area (Å²) in [6, 6.07) is -0.561. The molecule has 2 unspecified atom stereocenters. The van der Waals surface area contributed by atoms with E-state index in [9.17, 15) is 4.79 Å². The molecule has 0 bridgehead atoms. The van der Waals surface area contributed by atoms with E-state index < -0.39 is 11.9 Å². The van der Waals surface area contributed by atoms with Gasteiger partial charge in [0.05, 0.1) is 6.04 Å². The third-order valence-electron chi connectivity index (χ3n) is 2.71. The van der Waals surface area contributed by atoms with Crippen LogP contribution in [-0.2, 0) is 4.79 Å². The first-order chi connectivity index (χ1) is 7.11. The first-order valence-electron chi connectivity index (χ1n) is 5.87. The minimum Gasteiger partial charge on any atom is -0.368 e. The van der Waals surface area contributed by atoms with E-state index >= 15 is 0 Å². The highest BCUT2D eigenvalue weighted by molar-refractivity contribution is 5.79. The molecule has 15 heavy (non-hydrogen) atoms. The summed E-state index contributed by atoms with van der Waals surface area (Å²) in [5, 5.41) is 3.20. The average molecular weight is 215 g/mol. The minimum absolute atomic E-state index is 0.441. The van der Waals surface area contributed by atoms with Crippen LogP contribution in [0.2, 0.25) is 0 Å². The molecule has 0 aliphatic heterocycles. The van der Waals surface area contributed by atoms with Gasteiger partial charge in [0, 0.05) is 6.54 Å². The van der Waals surface area contributed by atoms with Crippen LogP contribution in [0.4, 0.5) is 0 Å². The van der Waals surface area contributed by atoms with E-state index in [-0.39, 0.29) is 0 Å². The Bertz CT molecular complexity index is 173. The third-order valence-corrected chi connectivity index (χ3v) is 2.71. The highest BCUT2D eigenvalue weighted by Gasteiger charge is 2.10. The summed E-state index contributed by atoms with van der Waals surface area (Å²) in [5.41, 5.74) is 10.6. The molecule has 90 valence electrons. The highest BCUT2D eigenvalue weighted by atomic mass is 16.1. The number of nitrogens with two attached hydrogens (primary N) is 2. The van der Waals surface area contributed by atoms with Crippen LogP contribution in [0.1, 0.15) is 39.5 Å². The Hall–Kier alpha value is -0.610. The smallest absolute Gasteiger partial charge is 0.235 e. The van der Waals surface area contributed by atoms with Crippen LogP contribution in [0.5, 0.6) is 0 Å². The lowest BCUT2D eigenvalue weighted by atomic mass is 9.99. The molecule has 4 heteroatoms. The van der Waals surface area contributed by atoms with Gasteiger partial charge in [-0.25, -0.2) is 0 Å². The van der Waals surface area contributed by atoms with Crippen LogP contribution in [0.3, 0.4) is 0 Å². The zero-order chi connectivity index (χ0) is 11.7. The topological polar surface area (TPSA) is 81.1 Å². The molecule has 0 aliphatic rings. The van der Waals surface area contributed by atoms with Gasteiger partial charge >= 0.3 is 0 Å². The van der Waals surface area contributed by atoms with Crippen molar-refractivity contribution in [2.75, 3.05) is 13.1 Å². The van der Waals surface area contributed by atoms with Crippen molar-refractivity contribution >= 4 is 5.91 Å². The fraction of sp³-hybridized carbons (Fsp3) is 0.909. The lowest BCUT2D eigenvalue weighted by molar-refractivity contribution is -0.119. The van der Waals surface area contributed by atoms with Crippen molar-refractivity contribution in [3.63, 3.8) is 0 Å². The second-order valence-electron chi connectivity index (χ2n) is 4.08. The first kappa shape index (κ1) is 14.4. The maximum absolute atomic E-state index is 10.7.